The van der Waals surface area contributed by atoms with E-state index in [1.165, 1.54) is 0 Å². The molecule has 2 aromatic rings. The molecule has 0 heterocycles. The van der Waals surface area contributed by atoms with Crippen LogP contribution in [0.4, 0.5) is 21.9 Å². The third-order valence-corrected chi connectivity index (χ3v) is 3.18. The Bertz CT molecular complexity index is 601. The zero-order chi connectivity index (χ0) is 13.8. The van der Waals surface area contributed by atoms with Crippen molar-refractivity contribution in [1.29, 1.82) is 0 Å². The Labute approximate surface area is 124 Å². The van der Waals surface area contributed by atoms with E-state index in [0.717, 1.165) is 4.47 Å². The minimum absolute atomic E-state index is 0.367. The molecule has 4 N–H and O–H groups in total. The Morgan fingerprint density at radius 2 is 1.79 bits per heavy atom. The largest absolute Gasteiger partial charge is 0.399 e. The van der Waals surface area contributed by atoms with Crippen molar-refractivity contribution in [3.63, 3.8) is 0 Å². The first kappa shape index (κ1) is 13.7. The van der Waals surface area contributed by atoms with Gasteiger partial charge < -0.3 is 16.4 Å². The topological polar surface area (TPSA) is 67.1 Å². The summed E-state index contributed by atoms with van der Waals surface area (Å²) in [6.07, 6.45) is 0. The zero-order valence-electron chi connectivity index (χ0n) is 9.78. The minimum Gasteiger partial charge on any atom is -0.399 e. The number of hydrogen-bond donors (Lipinski definition) is 3. The lowest BCUT2D eigenvalue weighted by Gasteiger charge is -2.09. The molecule has 0 unspecified atom stereocenters. The third-order valence-electron chi connectivity index (χ3n) is 2.34. The third kappa shape index (κ3) is 3.87. The second-order valence-corrected chi connectivity index (χ2v) is 5.15. The summed E-state index contributed by atoms with van der Waals surface area (Å²) in [5.74, 6) is 0. The number of nitrogen functional groups attached to an aromatic ring is 1. The van der Waals surface area contributed by atoms with E-state index in [-0.39, 0.29) is 6.03 Å². The molecule has 4 nitrogen and oxygen atoms in total. The number of hydrogen-bond acceptors (Lipinski definition) is 2. The number of carbonyl (C=O) groups excluding carboxylic acids is 1. The van der Waals surface area contributed by atoms with Crippen molar-refractivity contribution in [2.45, 2.75) is 0 Å². The van der Waals surface area contributed by atoms with Gasteiger partial charge in [-0.3, -0.25) is 0 Å². The van der Waals surface area contributed by atoms with Crippen molar-refractivity contribution in [3.8, 4) is 0 Å². The molecule has 0 saturated carbocycles. The fourth-order valence-corrected chi connectivity index (χ4v) is 1.95. The van der Waals surface area contributed by atoms with Crippen LogP contribution >= 0.6 is 27.5 Å². The van der Waals surface area contributed by atoms with Gasteiger partial charge in [0.05, 0.1) is 10.7 Å². The first-order valence-electron chi connectivity index (χ1n) is 5.43. The van der Waals surface area contributed by atoms with Crippen molar-refractivity contribution < 1.29 is 4.79 Å². The van der Waals surface area contributed by atoms with Crippen molar-refractivity contribution in [1.82, 2.24) is 0 Å². The molecule has 6 heteroatoms. The Morgan fingerprint density at radius 3 is 2.42 bits per heavy atom. The smallest absolute Gasteiger partial charge is 0.323 e. The second kappa shape index (κ2) is 5.95. The lowest BCUT2D eigenvalue weighted by atomic mass is 10.3. The van der Waals surface area contributed by atoms with Crippen molar-refractivity contribution in [3.05, 3.63) is 52.0 Å². The zero-order valence-corrected chi connectivity index (χ0v) is 12.1. The summed E-state index contributed by atoms with van der Waals surface area (Å²) in [4.78, 5) is 11.8. The number of nitrogens with one attached hydrogen (secondary N) is 2. The fourth-order valence-electron chi connectivity index (χ4n) is 1.45. The fraction of sp³-hybridized carbons (Fsp3) is 0. The van der Waals surface area contributed by atoms with Crippen LogP contribution in [-0.2, 0) is 0 Å². The highest BCUT2D eigenvalue weighted by Crippen LogP contribution is 2.24. The summed E-state index contributed by atoms with van der Waals surface area (Å²) < 4.78 is 0.944. The molecule has 2 rings (SSSR count). The van der Waals surface area contributed by atoms with Crippen molar-refractivity contribution >= 4 is 50.6 Å². The molecule has 2 amide bonds. The Hall–Kier alpha value is -1.72. The van der Waals surface area contributed by atoms with Crippen LogP contribution < -0.4 is 16.4 Å². The highest BCUT2D eigenvalue weighted by atomic mass is 79.9. The van der Waals surface area contributed by atoms with Crippen LogP contribution in [0.1, 0.15) is 0 Å². The molecule has 0 fully saturated rings. The lowest BCUT2D eigenvalue weighted by molar-refractivity contribution is 0.262. The number of amides is 2. The SMILES string of the molecule is Nc1ccc(NC(=O)Nc2ccc(Br)cc2)c(Cl)c1. The van der Waals surface area contributed by atoms with E-state index < -0.39 is 0 Å². The number of carbonyl (C=O) groups is 1. The minimum atomic E-state index is -0.367. The molecule has 19 heavy (non-hydrogen) atoms. The first-order chi connectivity index (χ1) is 9.04. The van der Waals surface area contributed by atoms with Gasteiger partial charge in [0, 0.05) is 15.8 Å². The average molecular weight is 341 g/mol. The highest BCUT2D eigenvalue weighted by molar-refractivity contribution is 9.10. The van der Waals surface area contributed by atoms with Gasteiger partial charge >= 0.3 is 6.03 Å². The molecule has 0 saturated heterocycles. The van der Waals surface area contributed by atoms with Crippen LogP contribution in [0.5, 0.6) is 0 Å². The van der Waals surface area contributed by atoms with Crippen LogP contribution in [-0.4, -0.2) is 6.03 Å². The van der Waals surface area contributed by atoms with Gasteiger partial charge in [-0.15, -0.1) is 0 Å². The predicted octanol–water partition coefficient (Wildman–Crippen LogP) is 4.33. The van der Waals surface area contributed by atoms with E-state index >= 15 is 0 Å². The molecule has 2 aromatic carbocycles. The van der Waals surface area contributed by atoms with Gasteiger partial charge in [-0.25, -0.2) is 4.79 Å². The van der Waals surface area contributed by atoms with E-state index in [1.54, 1.807) is 30.3 Å². The number of nitrogens with two attached hydrogens (primary N) is 1. The van der Waals surface area contributed by atoms with Crippen LogP contribution in [0.25, 0.3) is 0 Å². The van der Waals surface area contributed by atoms with Crippen molar-refractivity contribution in [2.24, 2.45) is 0 Å². The van der Waals surface area contributed by atoms with Crippen LogP contribution in [0, 0.1) is 0 Å². The Morgan fingerprint density at radius 1 is 1.11 bits per heavy atom. The van der Waals surface area contributed by atoms with E-state index in [9.17, 15) is 4.79 Å². The molecular formula is C13H11BrClN3O. The van der Waals surface area contributed by atoms with Gasteiger partial charge in [-0.1, -0.05) is 27.5 Å². The summed E-state index contributed by atoms with van der Waals surface area (Å²) in [7, 11) is 0. The quantitative estimate of drug-likeness (QED) is 0.712. The molecule has 98 valence electrons. The Balaban J connectivity index is 2.03. The number of halogens is 2. The van der Waals surface area contributed by atoms with Gasteiger partial charge in [0.2, 0.25) is 0 Å². The molecule has 0 aromatic heterocycles. The normalized spacial score (nSPS) is 10.0. The molecule has 0 aliphatic heterocycles. The molecule has 0 bridgehead atoms. The average Bonchev–Trinajstić information content (AvgIpc) is 2.36. The van der Waals surface area contributed by atoms with Gasteiger partial charge in [-0.2, -0.15) is 0 Å². The molecule has 0 radical (unpaired) electrons. The summed E-state index contributed by atoms with van der Waals surface area (Å²) in [6.45, 7) is 0. The Kier molecular flexibility index (Phi) is 4.29. The van der Waals surface area contributed by atoms with E-state index in [0.29, 0.717) is 22.1 Å². The van der Waals surface area contributed by atoms with Gasteiger partial charge in [-0.05, 0) is 42.5 Å². The van der Waals surface area contributed by atoms with Gasteiger partial charge in [0.1, 0.15) is 0 Å². The summed E-state index contributed by atoms with van der Waals surface area (Å²) >= 11 is 9.29. The lowest BCUT2D eigenvalue weighted by Crippen LogP contribution is -2.19. The maximum Gasteiger partial charge on any atom is 0.323 e. The monoisotopic (exact) mass is 339 g/mol. The number of benzene rings is 2. The van der Waals surface area contributed by atoms with E-state index in [4.69, 9.17) is 17.3 Å². The van der Waals surface area contributed by atoms with Crippen LogP contribution in [0.2, 0.25) is 5.02 Å². The second-order valence-electron chi connectivity index (χ2n) is 3.83. The van der Waals surface area contributed by atoms with Crippen LogP contribution in [0.15, 0.2) is 46.9 Å². The van der Waals surface area contributed by atoms with Crippen LogP contribution in [0.3, 0.4) is 0 Å². The molecule has 0 aliphatic carbocycles. The predicted molar refractivity (Wildman–Crippen MR) is 82.6 cm³/mol. The molecule has 0 atom stereocenters. The van der Waals surface area contributed by atoms with E-state index in [1.807, 2.05) is 12.1 Å². The molecule has 0 spiro atoms. The van der Waals surface area contributed by atoms with Crippen molar-refractivity contribution in [2.75, 3.05) is 16.4 Å². The maximum absolute atomic E-state index is 11.8. The summed E-state index contributed by atoms with van der Waals surface area (Å²) in [6, 6.07) is 11.8. The standard InChI is InChI=1S/C13H11BrClN3O/c14-8-1-4-10(5-2-8)17-13(19)18-12-6-3-9(16)7-11(12)15/h1-7H,16H2,(H2,17,18,19). The molecule has 0 aliphatic rings. The number of anilines is 3. The first-order valence-corrected chi connectivity index (χ1v) is 6.60. The highest BCUT2D eigenvalue weighted by Gasteiger charge is 2.06. The van der Waals surface area contributed by atoms with Gasteiger partial charge in [0.25, 0.3) is 0 Å². The summed E-state index contributed by atoms with van der Waals surface area (Å²) in [5.41, 5.74) is 7.32. The number of rotatable bonds is 2. The van der Waals surface area contributed by atoms with E-state index in [2.05, 4.69) is 26.6 Å². The molecular weight excluding hydrogens is 330 g/mol. The number of urea groups is 1. The van der Waals surface area contributed by atoms with Gasteiger partial charge in [0.15, 0.2) is 0 Å². The summed E-state index contributed by atoms with van der Waals surface area (Å²) in [5, 5.41) is 5.74. The maximum atomic E-state index is 11.8.